The van der Waals surface area contributed by atoms with Gasteiger partial charge in [-0.25, -0.2) is 4.98 Å². The lowest BCUT2D eigenvalue weighted by Crippen LogP contribution is -2.47. The quantitative estimate of drug-likeness (QED) is 0.339. The Hall–Kier alpha value is -4.18. The number of halogens is 1. The molecule has 2 aliphatic rings. The highest BCUT2D eigenvalue weighted by Gasteiger charge is 2.35. The lowest BCUT2D eigenvalue weighted by molar-refractivity contribution is 0.0992. The van der Waals surface area contributed by atoms with Gasteiger partial charge in [0, 0.05) is 48.6 Å². The zero-order valence-corrected chi connectivity index (χ0v) is 22.8. The summed E-state index contributed by atoms with van der Waals surface area (Å²) in [6.07, 6.45) is 1.01. The van der Waals surface area contributed by atoms with E-state index < -0.39 is 5.91 Å². The number of hydrogen-bond acceptors (Lipinski definition) is 6. The van der Waals surface area contributed by atoms with Crippen LogP contribution in [0.3, 0.4) is 0 Å². The fourth-order valence-electron chi connectivity index (χ4n) is 5.57. The molecule has 3 aromatic heterocycles. The van der Waals surface area contributed by atoms with Crippen LogP contribution in [0.25, 0.3) is 0 Å². The summed E-state index contributed by atoms with van der Waals surface area (Å²) in [7, 11) is 0. The van der Waals surface area contributed by atoms with Gasteiger partial charge in [-0.05, 0) is 83.7 Å². The first kappa shape index (κ1) is 25.1. The predicted molar refractivity (Wildman–Crippen MR) is 151 cm³/mol. The number of carbonyl (C=O) groups excluding carboxylic acids is 2. The first-order valence-electron chi connectivity index (χ1n) is 12.7. The maximum atomic E-state index is 13.1. The highest BCUT2D eigenvalue weighted by atomic mass is 79.9. The van der Waals surface area contributed by atoms with Crippen molar-refractivity contribution in [3.05, 3.63) is 104 Å². The number of piperidine rings is 1. The van der Waals surface area contributed by atoms with Crippen molar-refractivity contribution in [3.8, 4) is 0 Å². The Labute approximate surface area is 233 Å². The second kappa shape index (κ2) is 10.2. The molecule has 0 radical (unpaired) electrons. The van der Waals surface area contributed by atoms with Crippen molar-refractivity contribution in [3.63, 3.8) is 0 Å². The van der Waals surface area contributed by atoms with Crippen LogP contribution in [-0.4, -0.2) is 34.5 Å². The molecule has 0 saturated carbocycles. The van der Waals surface area contributed by atoms with E-state index in [4.69, 9.17) is 4.42 Å². The largest absolute Gasteiger partial charge is 0.444 e. The molecule has 0 aliphatic carbocycles. The molecular formula is C29H26BrN5O4. The maximum Gasteiger partial charge on any atom is 0.291 e. The third-order valence-electron chi connectivity index (χ3n) is 7.25. The third kappa shape index (κ3) is 5.12. The molecule has 1 saturated heterocycles. The molecule has 10 heteroatoms. The Morgan fingerprint density at radius 2 is 1.82 bits per heavy atom. The maximum absolute atomic E-state index is 13.1. The molecule has 2 aliphatic heterocycles. The summed E-state index contributed by atoms with van der Waals surface area (Å²) in [6, 6.07) is 19.4. The molecule has 2 bridgehead atoms. The number of hydrogen-bond donors (Lipinski definition) is 2. The van der Waals surface area contributed by atoms with Crippen molar-refractivity contribution in [2.75, 3.05) is 28.6 Å². The number of carbonyl (C=O) groups is 2. The zero-order chi connectivity index (χ0) is 27.1. The SMILES string of the molecule is Cc1cccc(NC(=O)c2ccc(N3C[C@H]4C[C@@H](C3)c3cccc(=O)n3C4)c(NC(=O)c3ccc(Br)o3)c2)n1. The second-order valence-electron chi connectivity index (χ2n) is 10.0. The fourth-order valence-corrected chi connectivity index (χ4v) is 5.87. The van der Waals surface area contributed by atoms with Crippen molar-refractivity contribution in [2.24, 2.45) is 5.92 Å². The molecule has 198 valence electrons. The molecule has 1 aromatic carbocycles. The number of furan rings is 1. The first-order chi connectivity index (χ1) is 18.8. The minimum atomic E-state index is -0.422. The standard InChI is InChI=1S/C29H26BrN5O4/c1-17-4-2-6-26(31-17)33-28(37)19-8-9-23(21(13-19)32-29(38)24-10-11-25(30)39-24)34-14-18-12-20(16-34)22-5-3-7-27(36)35(22)15-18/h2-11,13,18,20H,12,14-16H2,1H3,(H,32,38)(H,31,33,37)/t18-,20+/m1/s1. The number of fused-ring (bicyclic) bond motifs is 4. The lowest BCUT2D eigenvalue weighted by atomic mass is 9.83. The lowest BCUT2D eigenvalue weighted by Gasteiger charge is -2.44. The van der Waals surface area contributed by atoms with E-state index in [1.165, 1.54) is 0 Å². The normalized spacial score (nSPS) is 17.8. The molecule has 0 unspecified atom stereocenters. The highest BCUT2D eigenvalue weighted by molar-refractivity contribution is 9.10. The van der Waals surface area contributed by atoms with E-state index in [9.17, 15) is 14.4 Å². The monoisotopic (exact) mass is 587 g/mol. The number of benzene rings is 1. The van der Waals surface area contributed by atoms with Crippen molar-refractivity contribution in [2.45, 2.75) is 25.8 Å². The van der Waals surface area contributed by atoms with Gasteiger partial charge in [-0.1, -0.05) is 12.1 Å². The van der Waals surface area contributed by atoms with Crippen LogP contribution in [0, 0.1) is 12.8 Å². The summed E-state index contributed by atoms with van der Waals surface area (Å²) < 4.78 is 7.79. The molecule has 1 fully saturated rings. The summed E-state index contributed by atoms with van der Waals surface area (Å²) in [5.41, 5.74) is 3.55. The molecule has 9 nitrogen and oxygen atoms in total. The van der Waals surface area contributed by atoms with E-state index in [1.807, 2.05) is 41.8 Å². The number of nitrogens with one attached hydrogen (secondary N) is 2. The van der Waals surface area contributed by atoms with Gasteiger partial charge in [-0.15, -0.1) is 0 Å². The van der Waals surface area contributed by atoms with Gasteiger partial charge in [0.25, 0.3) is 17.4 Å². The van der Waals surface area contributed by atoms with Crippen molar-refractivity contribution >= 4 is 44.9 Å². The van der Waals surface area contributed by atoms with Crippen molar-refractivity contribution < 1.29 is 14.0 Å². The number of anilines is 3. The summed E-state index contributed by atoms with van der Waals surface area (Å²) >= 11 is 3.24. The Balaban J connectivity index is 1.33. The molecule has 0 spiro atoms. The van der Waals surface area contributed by atoms with E-state index in [0.29, 0.717) is 34.8 Å². The van der Waals surface area contributed by atoms with Crippen LogP contribution >= 0.6 is 15.9 Å². The van der Waals surface area contributed by atoms with Gasteiger partial charge in [-0.2, -0.15) is 0 Å². The van der Waals surface area contributed by atoms with E-state index >= 15 is 0 Å². The Morgan fingerprint density at radius 1 is 0.974 bits per heavy atom. The van der Waals surface area contributed by atoms with Crippen LogP contribution < -0.4 is 21.1 Å². The number of aromatic nitrogens is 2. The number of rotatable bonds is 5. The molecule has 6 rings (SSSR count). The molecule has 5 heterocycles. The van der Waals surface area contributed by atoms with Crippen molar-refractivity contribution in [1.82, 2.24) is 9.55 Å². The topological polar surface area (TPSA) is 109 Å². The average Bonchev–Trinajstić information content (AvgIpc) is 3.35. The molecule has 2 atom stereocenters. The molecule has 2 amide bonds. The second-order valence-corrected chi connectivity index (χ2v) is 10.8. The summed E-state index contributed by atoms with van der Waals surface area (Å²) in [5, 5.41) is 5.78. The molecule has 4 aromatic rings. The van der Waals surface area contributed by atoms with Crippen LogP contribution in [0.4, 0.5) is 17.2 Å². The van der Waals surface area contributed by atoms with Gasteiger partial charge in [0.05, 0.1) is 11.4 Å². The Bertz CT molecular complexity index is 1640. The third-order valence-corrected chi connectivity index (χ3v) is 7.68. The fraction of sp³-hybridized carbons (Fsp3) is 0.241. The summed E-state index contributed by atoms with van der Waals surface area (Å²) in [4.78, 5) is 45.2. The summed E-state index contributed by atoms with van der Waals surface area (Å²) in [6.45, 7) is 3.93. The smallest absolute Gasteiger partial charge is 0.291 e. The van der Waals surface area contributed by atoms with Crippen LogP contribution in [0.15, 0.2) is 80.6 Å². The van der Waals surface area contributed by atoms with E-state index in [0.717, 1.165) is 30.0 Å². The van der Waals surface area contributed by atoms with Gasteiger partial charge >= 0.3 is 0 Å². The van der Waals surface area contributed by atoms with Gasteiger partial charge in [0.2, 0.25) is 0 Å². The average molecular weight is 588 g/mol. The van der Waals surface area contributed by atoms with Crippen LogP contribution in [-0.2, 0) is 6.54 Å². The zero-order valence-electron chi connectivity index (χ0n) is 21.2. The Morgan fingerprint density at radius 3 is 2.62 bits per heavy atom. The van der Waals surface area contributed by atoms with Crippen LogP contribution in [0.2, 0.25) is 0 Å². The molecular weight excluding hydrogens is 562 g/mol. The van der Waals surface area contributed by atoms with Gasteiger partial charge in [0.1, 0.15) is 5.82 Å². The van der Waals surface area contributed by atoms with Gasteiger partial charge in [0.15, 0.2) is 10.4 Å². The number of aryl methyl sites for hydroxylation is 1. The number of nitrogens with zero attached hydrogens (tertiary/aromatic N) is 3. The van der Waals surface area contributed by atoms with Crippen LogP contribution in [0.1, 0.15) is 44.6 Å². The van der Waals surface area contributed by atoms with Gasteiger partial charge in [-0.3, -0.25) is 14.4 Å². The number of amides is 2. The number of pyridine rings is 2. The predicted octanol–water partition coefficient (Wildman–Crippen LogP) is 5.04. The summed E-state index contributed by atoms with van der Waals surface area (Å²) in [5.74, 6) is 0.319. The molecule has 2 N–H and O–H groups in total. The Kier molecular flexibility index (Phi) is 6.56. The molecule has 39 heavy (non-hydrogen) atoms. The van der Waals surface area contributed by atoms with Gasteiger partial charge < -0.3 is 24.5 Å². The highest BCUT2D eigenvalue weighted by Crippen LogP contribution is 2.39. The first-order valence-corrected chi connectivity index (χ1v) is 13.5. The van der Waals surface area contributed by atoms with Crippen molar-refractivity contribution in [1.29, 1.82) is 0 Å². The van der Waals surface area contributed by atoms with Crippen LogP contribution in [0.5, 0.6) is 0 Å². The van der Waals surface area contributed by atoms with E-state index in [-0.39, 0.29) is 29.1 Å². The van der Waals surface area contributed by atoms with E-state index in [2.05, 4.69) is 36.4 Å². The van der Waals surface area contributed by atoms with E-state index in [1.54, 1.807) is 36.4 Å². The minimum Gasteiger partial charge on any atom is -0.444 e. The minimum absolute atomic E-state index is 0.0340.